The van der Waals surface area contributed by atoms with Gasteiger partial charge in [-0.25, -0.2) is 9.67 Å². The van der Waals surface area contributed by atoms with E-state index in [2.05, 4.69) is 15.4 Å². The molecule has 3 N–H and O–H groups in total. The number of primary amides is 1. The quantitative estimate of drug-likeness (QED) is 0.766. The molecule has 0 unspecified atom stereocenters. The Morgan fingerprint density at radius 2 is 1.90 bits per heavy atom. The molecule has 1 amide bonds. The summed E-state index contributed by atoms with van der Waals surface area (Å²) in [6.45, 7) is 0. The summed E-state index contributed by atoms with van der Waals surface area (Å²) >= 11 is 0. The number of nitrogens with two attached hydrogens (primary N) is 1. The first-order valence-electron chi connectivity index (χ1n) is 6.36. The molecule has 0 aliphatic carbocycles. The van der Waals surface area contributed by atoms with E-state index < -0.39 is 5.91 Å². The molecular formula is C15H13N5O. The molecule has 0 atom stereocenters. The predicted octanol–water partition coefficient (Wildman–Crippen LogP) is 2.11. The van der Waals surface area contributed by atoms with Crippen LogP contribution < -0.4 is 11.1 Å². The van der Waals surface area contributed by atoms with Crippen LogP contribution in [0.1, 0.15) is 10.4 Å². The maximum absolute atomic E-state index is 11.8. The van der Waals surface area contributed by atoms with Crippen LogP contribution in [0, 0.1) is 0 Å². The van der Waals surface area contributed by atoms with Gasteiger partial charge >= 0.3 is 0 Å². The fraction of sp³-hybridized carbons (Fsp3) is 0. The van der Waals surface area contributed by atoms with Crippen LogP contribution in [-0.4, -0.2) is 20.7 Å². The molecule has 0 saturated carbocycles. The third kappa shape index (κ3) is 2.59. The van der Waals surface area contributed by atoms with Crippen molar-refractivity contribution >= 4 is 17.3 Å². The van der Waals surface area contributed by atoms with E-state index in [1.54, 1.807) is 30.7 Å². The number of nitrogens with one attached hydrogen (secondary N) is 1. The minimum Gasteiger partial charge on any atom is -0.365 e. The van der Waals surface area contributed by atoms with Gasteiger partial charge in [-0.1, -0.05) is 18.2 Å². The van der Waals surface area contributed by atoms with Crippen LogP contribution in [0.15, 0.2) is 61.1 Å². The third-order valence-corrected chi connectivity index (χ3v) is 2.95. The largest absolute Gasteiger partial charge is 0.365 e. The topological polar surface area (TPSA) is 85.8 Å². The Morgan fingerprint density at radius 1 is 1.10 bits per heavy atom. The normalized spacial score (nSPS) is 10.3. The fourth-order valence-electron chi connectivity index (χ4n) is 2.04. The van der Waals surface area contributed by atoms with Gasteiger partial charge in [-0.3, -0.25) is 4.79 Å². The van der Waals surface area contributed by atoms with Crippen molar-refractivity contribution in [2.75, 3.05) is 5.32 Å². The molecule has 0 spiro atoms. The van der Waals surface area contributed by atoms with Crippen LogP contribution in [-0.2, 0) is 0 Å². The van der Waals surface area contributed by atoms with E-state index in [9.17, 15) is 4.79 Å². The van der Waals surface area contributed by atoms with Gasteiger partial charge in [0.05, 0.1) is 5.69 Å². The second-order valence-corrected chi connectivity index (χ2v) is 4.36. The summed E-state index contributed by atoms with van der Waals surface area (Å²) in [5, 5.41) is 7.27. The van der Waals surface area contributed by atoms with Gasteiger partial charge in [0.2, 0.25) is 0 Å². The molecule has 0 bridgehead atoms. The first-order chi connectivity index (χ1) is 10.3. The van der Waals surface area contributed by atoms with Gasteiger partial charge in [0.15, 0.2) is 5.82 Å². The van der Waals surface area contributed by atoms with E-state index in [4.69, 9.17) is 5.73 Å². The molecule has 0 aliphatic rings. The molecule has 6 heteroatoms. The van der Waals surface area contributed by atoms with E-state index in [-0.39, 0.29) is 0 Å². The predicted molar refractivity (Wildman–Crippen MR) is 79.6 cm³/mol. The molecular weight excluding hydrogens is 266 g/mol. The van der Waals surface area contributed by atoms with E-state index in [1.807, 2.05) is 30.3 Å². The number of carbonyl (C=O) groups is 1. The van der Waals surface area contributed by atoms with Crippen molar-refractivity contribution in [3.05, 3.63) is 66.6 Å². The maximum Gasteiger partial charge on any atom is 0.254 e. The summed E-state index contributed by atoms with van der Waals surface area (Å²) < 4.78 is 1.51. The van der Waals surface area contributed by atoms with Crippen LogP contribution >= 0.6 is 0 Å². The second-order valence-electron chi connectivity index (χ2n) is 4.36. The Kier molecular flexibility index (Phi) is 3.34. The minimum absolute atomic E-state index is 0.296. The molecule has 0 aliphatic heterocycles. The Balaban J connectivity index is 2.09. The lowest BCUT2D eigenvalue weighted by atomic mass is 10.2. The average molecular weight is 279 g/mol. The third-order valence-electron chi connectivity index (χ3n) is 2.95. The maximum atomic E-state index is 11.8. The van der Waals surface area contributed by atoms with Crippen LogP contribution in [0.2, 0.25) is 0 Å². The molecule has 0 fully saturated rings. The van der Waals surface area contributed by atoms with E-state index in [0.717, 1.165) is 5.69 Å². The monoisotopic (exact) mass is 279 g/mol. The summed E-state index contributed by atoms with van der Waals surface area (Å²) in [4.78, 5) is 16.0. The molecule has 21 heavy (non-hydrogen) atoms. The Morgan fingerprint density at radius 3 is 2.57 bits per heavy atom. The van der Waals surface area contributed by atoms with Crippen LogP contribution in [0.4, 0.5) is 11.4 Å². The Labute approximate surface area is 121 Å². The zero-order chi connectivity index (χ0) is 14.7. The Bertz CT molecular complexity index is 753. The highest BCUT2D eigenvalue weighted by molar-refractivity contribution is 6.02. The van der Waals surface area contributed by atoms with Crippen molar-refractivity contribution in [2.24, 2.45) is 5.73 Å². The lowest BCUT2D eigenvalue weighted by molar-refractivity contribution is 0.100. The summed E-state index contributed by atoms with van der Waals surface area (Å²) in [5.41, 5.74) is 7.26. The highest BCUT2D eigenvalue weighted by Crippen LogP contribution is 2.24. The summed E-state index contributed by atoms with van der Waals surface area (Å²) in [6, 6.07) is 13.0. The minimum atomic E-state index is -0.563. The van der Waals surface area contributed by atoms with E-state index in [0.29, 0.717) is 17.1 Å². The molecule has 1 aromatic carbocycles. The number of anilines is 2. The van der Waals surface area contributed by atoms with E-state index >= 15 is 0 Å². The summed E-state index contributed by atoms with van der Waals surface area (Å²) in [6.07, 6.45) is 4.93. The Hall–Kier alpha value is -3.15. The number of hydrogen-bond donors (Lipinski definition) is 2. The number of aromatic nitrogens is 3. The molecule has 0 saturated heterocycles. The molecule has 2 heterocycles. The molecule has 0 radical (unpaired) electrons. The molecule has 6 nitrogen and oxygen atoms in total. The first kappa shape index (κ1) is 12.9. The molecule has 104 valence electrons. The highest BCUT2D eigenvalue weighted by atomic mass is 16.1. The van der Waals surface area contributed by atoms with Gasteiger partial charge in [-0.05, 0) is 24.3 Å². The number of nitrogens with zero attached hydrogens (tertiary/aromatic N) is 3. The zero-order valence-electron chi connectivity index (χ0n) is 11.1. The standard InChI is InChI=1S/C15H13N5O/c16-14(21)13-12(19-11-5-2-1-3-6-11)7-9-17-15(13)20-10-4-8-18-20/h1-10H,(H2,16,21)(H,17,19). The number of carbonyl (C=O) groups excluding carboxylic acids is 1. The van der Waals surface area contributed by atoms with Gasteiger partial charge in [0.1, 0.15) is 5.56 Å². The van der Waals surface area contributed by atoms with Gasteiger partial charge in [-0.2, -0.15) is 5.10 Å². The molecule has 3 rings (SSSR count). The first-order valence-corrected chi connectivity index (χ1v) is 6.36. The number of para-hydroxylation sites is 1. The van der Waals surface area contributed by atoms with Gasteiger partial charge < -0.3 is 11.1 Å². The van der Waals surface area contributed by atoms with Crippen molar-refractivity contribution in [1.29, 1.82) is 0 Å². The van der Waals surface area contributed by atoms with Gasteiger partial charge in [0, 0.05) is 24.3 Å². The number of pyridine rings is 1. The van der Waals surface area contributed by atoms with Crippen molar-refractivity contribution < 1.29 is 4.79 Å². The second kappa shape index (κ2) is 5.46. The van der Waals surface area contributed by atoms with Crippen LogP contribution in [0.5, 0.6) is 0 Å². The van der Waals surface area contributed by atoms with Gasteiger partial charge in [0.25, 0.3) is 5.91 Å². The van der Waals surface area contributed by atoms with Crippen molar-refractivity contribution in [2.45, 2.75) is 0 Å². The van der Waals surface area contributed by atoms with Crippen LogP contribution in [0.3, 0.4) is 0 Å². The molecule has 2 aromatic heterocycles. The average Bonchev–Trinajstić information content (AvgIpc) is 3.02. The fourth-order valence-corrected chi connectivity index (χ4v) is 2.04. The van der Waals surface area contributed by atoms with E-state index in [1.165, 1.54) is 4.68 Å². The van der Waals surface area contributed by atoms with Crippen LogP contribution in [0.25, 0.3) is 5.82 Å². The van der Waals surface area contributed by atoms with Crippen molar-refractivity contribution in [3.63, 3.8) is 0 Å². The van der Waals surface area contributed by atoms with Crippen molar-refractivity contribution in [1.82, 2.24) is 14.8 Å². The lowest BCUT2D eigenvalue weighted by Crippen LogP contribution is -2.18. The molecule has 3 aromatic rings. The number of benzene rings is 1. The summed E-state index contributed by atoms with van der Waals surface area (Å²) in [7, 11) is 0. The highest BCUT2D eigenvalue weighted by Gasteiger charge is 2.17. The van der Waals surface area contributed by atoms with Crippen molar-refractivity contribution in [3.8, 4) is 5.82 Å². The lowest BCUT2D eigenvalue weighted by Gasteiger charge is -2.13. The summed E-state index contributed by atoms with van der Waals surface area (Å²) in [5.74, 6) is -0.166. The SMILES string of the molecule is NC(=O)c1c(Nc2ccccc2)ccnc1-n1cccn1. The number of rotatable bonds is 4. The smallest absolute Gasteiger partial charge is 0.254 e. The van der Waals surface area contributed by atoms with Gasteiger partial charge in [-0.15, -0.1) is 0 Å². The number of amides is 1. The zero-order valence-corrected chi connectivity index (χ0v) is 11.1. The number of hydrogen-bond acceptors (Lipinski definition) is 4.